The van der Waals surface area contributed by atoms with Crippen LogP contribution in [0.15, 0.2) is 53.9 Å². The standard InChI is InChI=1S/C23H24N4O4/c1-15-6-7-19(21(26-29)27-12-9-16(10-13-27)23(28)30-2)22(25-15)31-20-5-3-4-17-14-24-11-8-18(17)20/h3-8,11,14,16,29H,9-10,12-13H2,1-2H3/b26-21-. The average Bonchev–Trinajstić information content (AvgIpc) is 2.81. The zero-order valence-electron chi connectivity index (χ0n) is 17.5. The van der Waals surface area contributed by atoms with E-state index in [-0.39, 0.29) is 11.9 Å². The number of benzene rings is 1. The summed E-state index contributed by atoms with van der Waals surface area (Å²) in [5.41, 5.74) is 1.36. The van der Waals surface area contributed by atoms with Crippen LogP contribution in [0.4, 0.5) is 0 Å². The minimum absolute atomic E-state index is 0.141. The summed E-state index contributed by atoms with van der Waals surface area (Å²) in [6.45, 7) is 3.00. The highest BCUT2D eigenvalue weighted by molar-refractivity contribution is 6.00. The number of oxime groups is 1. The van der Waals surface area contributed by atoms with Crippen molar-refractivity contribution in [1.82, 2.24) is 14.9 Å². The molecule has 3 heterocycles. The first-order valence-corrected chi connectivity index (χ1v) is 10.1. The van der Waals surface area contributed by atoms with Crippen molar-refractivity contribution < 1.29 is 19.5 Å². The zero-order valence-corrected chi connectivity index (χ0v) is 17.5. The largest absolute Gasteiger partial charge is 0.469 e. The van der Waals surface area contributed by atoms with E-state index in [4.69, 9.17) is 9.47 Å². The van der Waals surface area contributed by atoms with Gasteiger partial charge in [0.25, 0.3) is 0 Å². The van der Waals surface area contributed by atoms with Gasteiger partial charge in [-0.25, -0.2) is 4.98 Å². The molecule has 3 aromatic rings. The average molecular weight is 420 g/mol. The van der Waals surface area contributed by atoms with E-state index < -0.39 is 0 Å². The Morgan fingerprint density at radius 3 is 2.74 bits per heavy atom. The topological polar surface area (TPSA) is 97.1 Å². The van der Waals surface area contributed by atoms with Crippen LogP contribution in [0.2, 0.25) is 0 Å². The maximum Gasteiger partial charge on any atom is 0.308 e. The molecule has 0 atom stereocenters. The van der Waals surface area contributed by atoms with E-state index >= 15 is 0 Å². The zero-order chi connectivity index (χ0) is 21.8. The molecule has 1 saturated heterocycles. The number of likely N-dealkylation sites (tertiary alicyclic amines) is 1. The first-order chi connectivity index (χ1) is 15.1. The lowest BCUT2D eigenvalue weighted by atomic mass is 9.96. The Kier molecular flexibility index (Phi) is 5.97. The quantitative estimate of drug-likeness (QED) is 0.226. The summed E-state index contributed by atoms with van der Waals surface area (Å²) in [5.74, 6) is 1.02. The molecule has 0 aliphatic carbocycles. The van der Waals surface area contributed by atoms with Gasteiger partial charge in [-0.1, -0.05) is 17.3 Å². The number of pyridine rings is 2. The van der Waals surface area contributed by atoms with Crippen LogP contribution >= 0.6 is 0 Å². The van der Waals surface area contributed by atoms with E-state index in [9.17, 15) is 10.0 Å². The Morgan fingerprint density at radius 2 is 2.00 bits per heavy atom. The first-order valence-electron chi connectivity index (χ1n) is 10.1. The van der Waals surface area contributed by atoms with Gasteiger partial charge in [0.15, 0.2) is 5.84 Å². The molecule has 0 amide bonds. The Labute approximate surface area is 180 Å². The van der Waals surface area contributed by atoms with Crippen molar-refractivity contribution in [2.75, 3.05) is 20.2 Å². The minimum Gasteiger partial charge on any atom is -0.469 e. The molecule has 31 heavy (non-hydrogen) atoms. The van der Waals surface area contributed by atoms with Crippen molar-refractivity contribution in [3.8, 4) is 11.6 Å². The molecule has 4 rings (SSSR count). The second-order valence-corrected chi connectivity index (χ2v) is 7.47. The second-order valence-electron chi connectivity index (χ2n) is 7.47. The van der Waals surface area contributed by atoms with Gasteiger partial charge in [-0.2, -0.15) is 0 Å². The first kappa shape index (κ1) is 20.6. The van der Waals surface area contributed by atoms with Crippen molar-refractivity contribution in [1.29, 1.82) is 0 Å². The van der Waals surface area contributed by atoms with Crippen LogP contribution in [-0.4, -0.2) is 52.1 Å². The number of hydrogen-bond acceptors (Lipinski definition) is 7. The summed E-state index contributed by atoms with van der Waals surface area (Å²) in [6.07, 6.45) is 4.74. The number of esters is 1. The number of fused-ring (bicyclic) bond motifs is 1. The molecule has 0 saturated carbocycles. The van der Waals surface area contributed by atoms with Gasteiger partial charge in [0.05, 0.1) is 18.6 Å². The van der Waals surface area contributed by atoms with Crippen LogP contribution in [-0.2, 0) is 9.53 Å². The molecule has 1 aromatic carbocycles. The number of carbonyl (C=O) groups excluding carboxylic acids is 1. The van der Waals surface area contributed by atoms with Crippen LogP contribution in [0.25, 0.3) is 10.8 Å². The summed E-state index contributed by atoms with van der Waals surface area (Å²) >= 11 is 0. The smallest absolute Gasteiger partial charge is 0.308 e. The van der Waals surface area contributed by atoms with Gasteiger partial charge >= 0.3 is 5.97 Å². The van der Waals surface area contributed by atoms with Gasteiger partial charge in [-0.05, 0) is 44.0 Å². The Hall–Kier alpha value is -3.68. The molecular formula is C23H24N4O4. The fraction of sp³-hybridized carbons (Fsp3) is 0.304. The van der Waals surface area contributed by atoms with E-state index in [1.807, 2.05) is 48.2 Å². The van der Waals surface area contributed by atoms with Crippen molar-refractivity contribution in [2.24, 2.45) is 11.1 Å². The van der Waals surface area contributed by atoms with Crippen LogP contribution in [0.5, 0.6) is 11.6 Å². The van der Waals surface area contributed by atoms with Gasteiger partial charge in [0, 0.05) is 41.9 Å². The predicted molar refractivity (Wildman–Crippen MR) is 115 cm³/mol. The van der Waals surface area contributed by atoms with E-state index in [1.54, 1.807) is 12.4 Å². The number of rotatable bonds is 4. The molecule has 8 nitrogen and oxygen atoms in total. The number of carbonyl (C=O) groups is 1. The maximum absolute atomic E-state index is 11.8. The van der Waals surface area contributed by atoms with Crippen molar-refractivity contribution >= 4 is 22.6 Å². The number of amidine groups is 1. The van der Waals surface area contributed by atoms with Gasteiger partial charge < -0.3 is 19.6 Å². The SMILES string of the molecule is COC(=O)C1CCN(/C(=N\O)c2ccc(C)nc2Oc2cccc3cnccc23)CC1. The van der Waals surface area contributed by atoms with E-state index in [0.29, 0.717) is 49.0 Å². The summed E-state index contributed by atoms with van der Waals surface area (Å²) < 4.78 is 11.1. The molecule has 2 aromatic heterocycles. The highest BCUT2D eigenvalue weighted by Crippen LogP contribution is 2.31. The van der Waals surface area contributed by atoms with Crippen molar-refractivity contribution in [3.05, 3.63) is 60.0 Å². The Morgan fingerprint density at radius 1 is 1.19 bits per heavy atom. The summed E-state index contributed by atoms with van der Waals surface area (Å²) in [7, 11) is 1.40. The second kappa shape index (κ2) is 8.99. The molecule has 0 radical (unpaired) electrons. The maximum atomic E-state index is 11.8. The van der Waals surface area contributed by atoms with Crippen LogP contribution in [0.1, 0.15) is 24.1 Å². The summed E-state index contributed by atoms with van der Waals surface area (Å²) in [6, 6.07) is 11.3. The number of aryl methyl sites for hydroxylation is 1. The lowest BCUT2D eigenvalue weighted by Gasteiger charge is -2.32. The minimum atomic E-state index is -0.200. The van der Waals surface area contributed by atoms with Gasteiger partial charge in [0.1, 0.15) is 5.75 Å². The third-order valence-electron chi connectivity index (χ3n) is 5.51. The molecule has 0 spiro atoms. The highest BCUT2D eigenvalue weighted by Gasteiger charge is 2.29. The van der Waals surface area contributed by atoms with Gasteiger partial charge in [-0.15, -0.1) is 0 Å². The molecule has 1 aliphatic rings. The van der Waals surface area contributed by atoms with Crippen molar-refractivity contribution in [3.63, 3.8) is 0 Å². The summed E-state index contributed by atoms with van der Waals surface area (Å²) in [4.78, 5) is 22.5. The fourth-order valence-electron chi connectivity index (χ4n) is 3.85. The monoisotopic (exact) mass is 420 g/mol. The lowest BCUT2D eigenvalue weighted by Crippen LogP contribution is -2.41. The third kappa shape index (κ3) is 4.28. The Bertz CT molecular complexity index is 1120. The number of nitrogens with zero attached hydrogens (tertiary/aromatic N) is 4. The van der Waals surface area contributed by atoms with Crippen LogP contribution in [0.3, 0.4) is 0 Å². The molecule has 1 fully saturated rings. The Balaban J connectivity index is 1.64. The van der Waals surface area contributed by atoms with Gasteiger partial charge in [-0.3, -0.25) is 9.78 Å². The molecule has 8 heteroatoms. The van der Waals surface area contributed by atoms with Crippen molar-refractivity contribution in [2.45, 2.75) is 19.8 Å². The number of aromatic nitrogens is 2. The molecule has 0 unspecified atom stereocenters. The third-order valence-corrected chi connectivity index (χ3v) is 5.51. The number of piperidine rings is 1. The van der Waals surface area contributed by atoms with Crippen LogP contribution in [0, 0.1) is 12.8 Å². The number of hydrogen-bond donors (Lipinski definition) is 1. The normalized spacial score (nSPS) is 15.2. The molecule has 160 valence electrons. The highest BCUT2D eigenvalue weighted by atomic mass is 16.5. The van der Waals surface area contributed by atoms with E-state index in [2.05, 4.69) is 15.1 Å². The molecular weight excluding hydrogens is 396 g/mol. The number of methoxy groups -OCH3 is 1. The molecule has 1 N–H and O–H groups in total. The van der Waals surface area contributed by atoms with Crippen LogP contribution < -0.4 is 4.74 Å². The predicted octanol–water partition coefficient (Wildman–Crippen LogP) is 3.75. The van der Waals surface area contributed by atoms with Gasteiger partial charge in [0.2, 0.25) is 5.88 Å². The number of ether oxygens (including phenoxy) is 2. The molecule has 1 aliphatic heterocycles. The lowest BCUT2D eigenvalue weighted by molar-refractivity contribution is -0.146. The molecule has 0 bridgehead atoms. The summed E-state index contributed by atoms with van der Waals surface area (Å²) in [5, 5.41) is 15.3. The van der Waals surface area contributed by atoms with E-state index in [0.717, 1.165) is 16.5 Å². The van der Waals surface area contributed by atoms with E-state index in [1.165, 1.54) is 7.11 Å². The fourth-order valence-corrected chi connectivity index (χ4v) is 3.85.